The number of halogens is 1. The van der Waals surface area contributed by atoms with Crippen molar-refractivity contribution in [3.05, 3.63) is 68.8 Å². The number of aromatic nitrogens is 3. The van der Waals surface area contributed by atoms with Crippen LogP contribution in [0.1, 0.15) is 23.5 Å². The Morgan fingerprint density at radius 3 is 2.88 bits per heavy atom. The summed E-state index contributed by atoms with van der Waals surface area (Å²) in [5.41, 5.74) is 0.477. The van der Waals surface area contributed by atoms with Gasteiger partial charge in [-0.25, -0.2) is 0 Å². The monoisotopic (exact) mass is 403 g/mol. The molecule has 3 aromatic heterocycles. The third-order valence-corrected chi connectivity index (χ3v) is 4.30. The number of pyridine rings is 2. The molecule has 3 rings (SSSR count). The summed E-state index contributed by atoms with van der Waals surface area (Å²) < 4.78 is 6.74. The number of fused-ring (bicyclic) bond motifs is 1. The number of rotatable bonds is 4. The van der Waals surface area contributed by atoms with Crippen molar-refractivity contribution in [2.45, 2.75) is 12.3 Å². The molecule has 0 amide bonds. The average molecular weight is 404 g/mol. The summed E-state index contributed by atoms with van der Waals surface area (Å²) in [7, 11) is 1.27. The molecule has 0 aromatic carbocycles. The molecule has 0 spiro atoms. The van der Waals surface area contributed by atoms with Crippen LogP contribution in [0.15, 0.2) is 52.1 Å². The lowest BCUT2D eigenvalue weighted by Crippen LogP contribution is -2.24. The quantitative estimate of drug-likeness (QED) is 0.671. The van der Waals surface area contributed by atoms with E-state index < -0.39 is 23.3 Å². The Hall–Kier alpha value is -2.74. The van der Waals surface area contributed by atoms with Crippen LogP contribution in [0, 0.1) is 0 Å². The topological polar surface area (TPSA) is 93.8 Å². The van der Waals surface area contributed by atoms with Crippen molar-refractivity contribution in [1.29, 1.82) is 0 Å². The average Bonchev–Trinajstić information content (AvgIpc) is 2.62. The molecular formula is C17H14BrN3O4. The van der Waals surface area contributed by atoms with Crippen molar-refractivity contribution in [3.8, 4) is 5.88 Å². The molecule has 0 aliphatic carbocycles. The molecule has 7 nitrogen and oxygen atoms in total. The molecule has 1 N–H and O–H groups in total. The van der Waals surface area contributed by atoms with E-state index in [1.165, 1.54) is 11.5 Å². The minimum absolute atomic E-state index is 0.0222. The van der Waals surface area contributed by atoms with Crippen LogP contribution in [-0.4, -0.2) is 32.6 Å². The van der Waals surface area contributed by atoms with Crippen LogP contribution in [0.5, 0.6) is 5.88 Å². The predicted molar refractivity (Wildman–Crippen MR) is 93.5 cm³/mol. The second-order valence-electron chi connectivity index (χ2n) is 5.35. The summed E-state index contributed by atoms with van der Waals surface area (Å²) in [6.45, 7) is 0. The second kappa shape index (κ2) is 7.02. The van der Waals surface area contributed by atoms with Gasteiger partial charge in [0, 0.05) is 29.0 Å². The van der Waals surface area contributed by atoms with Crippen molar-refractivity contribution in [3.63, 3.8) is 0 Å². The molecular weight excluding hydrogens is 390 g/mol. The summed E-state index contributed by atoms with van der Waals surface area (Å²) in [5.74, 6) is -1.64. The van der Waals surface area contributed by atoms with Gasteiger partial charge in [-0.1, -0.05) is 6.07 Å². The molecule has 0 aliphatic heterocycles. The molecule has 0 aliphatic rings. The number of ether oxygens (including phenoxy) is 1. The van der Waals surface area contributed by atoms with Gasteiger partial charge in [0.25, 0.3) is 5.56 Å². The first-order chi connectivity index (χ1) is 12.0. The summed E-state index contributed by atoms with van der Waals surface area (Å²) in [4.78, 5) is 32.9. The van der Waals surface area contributed by atoms with Gasteiger partial charge >= 0.3 is 5.97 Å². The Kier molecular flexibility index (Phi) is 4.80. The Labute approximate surface area is 151 Å². The number of hydrogen-bond donors (Lipinski definition) is 1. The minimum atomic E-state index is -0.725. The summed E-state index contributed by atoms with van der Waals surface area (Å²) in [5, 5.41) is 10.4. The highest BCUT2D eigenvalue weighted by molar-refractivity contribution is 9.10. The van der Waals surface area contributed by atoms with E-state index in [0.29, 0.717) is 15.7 Å². The predicted octanol–water partition coefficient (Wildman–Crippen LogP) is 2.25. The van der Waals surface area contributed by atoms with Gasteiger partial charge in [0.2, 0.25) is 5.88 Å². The smallest absolute Gasteiger partial charge is 0.306 e. The zero-order valence-corrected chi connectivity index (χ0v) is 14.8. The number of carbonyl (C=O) groups is 1. The van der Waals surface area contributed by atoms with E-state index in [2.05, 4.69) is 25.9 Å². The Morgan fingerprint density at radius 1 is 1.40 bits per heavy atom. The van der Waals surface area contributed by atoms with Gasteiger partial charge < -0.3 is 9.84 Å². The normalized spacial score (nSPS) is 12.1. The van der Waals surface area contributed by atoms with E-state index in [9.17, 15) is 14.7 Å². The van der Waals surface area contributed by atoms with Gasteiger partial charge in [-0.05, 0) is 39.7 Å². The SMILES string of the molecule is COC(=O)C[C@@H](c1cccnc1)c1c(O)nc2ccc(Br)cn2c1=O. The molecule has 0 unspecified atom stereocenters. The fourth-order valence-corrected chi connectivity index (χ4v) is 2.98. The number of carbonyl (C=O) groups excluding carboxylic acids is 1. The molecule has 3 heterocycles. The number of esters is 1. The largest absolute Gasteiger partial charge is 0.493 e. The molecule has 0 radical (unpaired) electrons. The molecule has 25 heavy (non-hydrogen) atoms. The Bertz CT molecular complexity index is 988. The number of nitrogens with zero attached hydrogens (tertiary/aromatic N) is 3. The maximum Gasteiger partial charge on any atom is 0.306 e. The van der Waals surface area contributed by atoms with Crippen molar-refractivity contribution >= 4 is 27.5 Å². The summed E-state index contributed by atoms with van der Waals surface area (Å²) >= 11 is 3.31. The third kappa shape index (κ3) is 3.39. The van der Waals surface area contributed by atoms with Crippen molar-refractivity contribution < 1.29 is 14.6 Å². The van der Waals surface area contributed by atoms with Gasteiger partial charge in [-0.15, -0.1) is 0 Å². The van der Waals surface area contributed by atoms with Crippen LogP contribution in [-0.2, 0) is 9.53 Å². The zero-order chi connectivity index (χ0) is 18.0. The van der Waals surface area contributed by atoms with Gasteiger partial charge in [0.05, 0.1) is 19.1 Å². The molecule has 3 aromatic rings. The van der Waals surface area contributed by atoms with Gasteiger partial charge in [-0.2, -0.15) is 4.98 Å². The molecule has 0 saturated carbocycles. The van der Waals surface area contributed by atoms with Crippen LogP contribution < -0.4 is 5.56 Å². The lowest BCUT2D eigenvalue weighted by atomic mass is 9.90. The number of methoxy groups -OCH3 is 1. The minimum Gasteiger partial charge on any atom is -0.493 e. The standard InChI is InChI=1S/C17H14BrN3O4/c1-25-14(22)7-12(10-3-2-6-19-8-10)15-16(23)20-13-5-4-11(18)9-21(13)17(15)24/h2-6,8-9,12,23H,7H2,1H3/t12-/m0/s1. The van der Waals surface area contributed by atoms with Crippen LogP contribution >= 0.6 is 15.9 Å². The zero-order valence-electron chi connectivity index (χ0n) is 13.2. The van der Waals surface area contributed by atoms with E-state index >= 15 is 0 Å². The van der Waals surface area contributed by atoms with E-state index in [0.717, 1.165) is 0 Å². The molecule has 8 heteroatoms. The molecule has 128 valence electrons. The molecule has 0 saturated heterocycles. The maximum absolute atomic E-state index is 13.0. The highest BCUT2D eigenvalue weighted by atomic mass is 79.9. The maximum atomic E-state index is 13.0. The van der Waals surface area contributed by atoms with Gasteiger partial charge in [0.1, 0.15) is 5.65 Å². The van der Waals surface area contributed by atoms with Crippen LogP contribution in [0.4, 0.5) is 0 Å². The van der Waals surface area contributed by atoms with Gasteiger partial charge in [-0.3, -0.25) is 19.0 Å². The lowest BCUT2D eigenvalue weighted by Gasteiger charge is -2.17. The highest BCUT2D eigenvalue weighted by Gasteiger charge is 2.27. The molecule has 1 atom stereocenters. The lowest BCUT2D eigenvalue weighted by molar-refractivity contribution is -0.140. The van der Waals surface area contributed by atoms with Crippen LogP contribution in [0.25, 0.3) is 5.65 Å². The van der Waals surface area contributed by atoms with E-state index in [4.69, 9.17) is 4.74 Å². The van der Waals surface area contributed by atoms with Crippen LogP contribution in [0.3, 0.4) is 0 Å². The van der Waals surface area contributed by atoms with Crippen molar-refractivity contribution in [1.82, 2.24) is 14.4 Å². The van der Waals surface area contributed by atoms with Crippen molar-refractivity contribution in [2.75, 3.05) is 7.11 Å². The Morgan fingerprint density at radius 2 is 2.20 bits per heavy atom. The summed E-state index contributed by atoms with van der Waals surface area (Å²) in [6.07, 6.45) is 4.57. The fraction of sp³-hybridized carbons (Fsp3) is 0.176. The van der Waals surface area contributed by atoms with Crippen molar-refractivity contribution in [2.24, 2.45) is 0 Å². The highest BCUT2D eigenvalue weighted by Crippen LogP contribution is 2.30. The second-order valence-corrected chi connectivity index (χ2v) is 6.26. The number of hydrogen-bond acceptors (Lipinski definition) is 6. The first kappa shape index (κ1) is 17.1. The Balaban J connectivity index is 2.25. The van der Waals surface area contributed by atoms with E-state index in [1.54, 1.807) is 42.9 Å². The van der Waals surface area contributed by atoms with Gasteiger partial charge in [0.15, 0.2) is 0 Å². The molecule has 0 bridgehead atoms. The van der Waals surface area contributed by atoms with E-state index in [-0.39, 0.29) is 12.0 Å². The van der Waals surface area contributed by atoms with Crippen LogP contribution in [0.2, 0.25) is 0 Å². The third-order valence-electron chi connectivity index (χ3n) is 3.84. The fourth-order valence-electron chi connectivity index (χ4n) is 2.64. The summed E-state index contributed by atoms with van der Waals surface area (Å²) in [6, 6.07) is 6.75. The first-order valence-electron chi connectivity index (χ1n) is 7.38. The van der Waals surface area contributed by atoms with E-state index in [1.807, 2.05) is 0 Å². The molecule has 0 fully saturated rings. The number of aromatic hydroxyl groups is 1. The first-order valence-corrected chi connectivity index (χ1v) is 8.18.